The van der Waals surface area contributed by atoms with Gasteiger partial charge in [-0.2, -0.15) is 0 Å². The third-order valence-corrected chi connectivity index (χ3v) is 14.6. The zero-order valence-electron chi connectivity index (χ0n) is 46.4. The van der Waals surface area contributed by atoms with E-state index in [1.807, 2.05) is 6.08 Å². The van der Waals surface area contributed by atoms with Crippen LogP contribution in [0.15, 0.2) is 36.5 Å². The average Bonchev–Trinajstić information content (AvgIpc) is 3.34. The fourth-order valence-electron chi connectivity index (χ4n) is 9.84. The van der Waals surface area contributed by atoms with Gasteiger partial charge in [0.2, 0.25) is 5.91 Å². The molecule has 68 heavy (non-hydrogen) atoms. The van der Waals surface area contributed by atoms with Crippen LogP contribution in [0.3, 0.4) is 0 Å². The van der Waals surface area contributed by atoms with Gasteiger partial charge in [-0.3, -0.25) is 4.79 Å². The van der Waals surface area contributed by atoms with Gasteiger partial charge in [-0.25, -0.2) is 0 Å². The quantitative estimate of drug-likeness (QED) is 0.0420. The van der Waals surface area contributed by atoms with Crippen LogP contribution in [0.1, 0.15) is 348 Å². The van der Waals surface area contributed by atoms with Crippen LogP contribution in [-0.4, -0.2) is 34.9 Å². The molecule has 4 nitrogen and oxygen atoms in total. The van der Waals surface area contributed by atoms with Gasteiger partial charge in [0.25, 0.3) is 0 Å². The molecule has 0 aliphatic carbocycles. The van der Waals surface area contributed by atoms with Gasteiger partial charge in [0.05, 0.1) is 18.8 Å². The molecule has 402 valence electrons. The molecule has 0 aliphatic rings. The lowest BCUT2D eigenvalue weighted by molar-refractivity contribution is -0.123. The summed E-state index contributed by atoms with van der Waals surface area (Å²) in [6, 6.07) is -0.637. The first-order chi connectivity index (χ1) is 33.7. The summed E-state index contributed by atoms with van der Waals surface area (Å²) in [6.07, 6.45) is 82.1. The van der Waals surface area contributed by atoms with Gasteiger partial charge in [-0.1, -0.05) is 320 Å². The Balaban J connectivity index is 3.39. The van der Waals surface area contributed by atoms with Crippen LogP contribution in [0.25, 0.3) is 0 Å². The molecular formula is C64H123NO3. The number of allylic oxidation sites excluding steroid dienone is 5. The Morgan fingerprint density at radius 1 is 0.338 bits per heavy atom. The minimum atomic E-state index is -0.860. The number of unbranched alkanes of at least 4 members (excludes halogenated alkanes) is 47. The van der Waals surface area contributed by atoms with Crippen molar-refractivity contribution in [3.05, 3.63) is 36.5 Å². The van der Waals surface area contributed by atoms with Crippen molar-refractivity contribution < 1.29 is 15.0 Å². The fourth-order valence-corrected chi connectivity index (χ4v) is 9.84. The van der Waals surface area contributed by atoms with Gasteiger partial charge < -0.3 is 15.5 Å². The average molecular weight is 955 g/mol. The predicted molar refractivity (Wildman–Crippen MR) is 304 cm³/mol. The number of amides is 1. The van der Waals surface area contributed by atoms with Gasteiger partial charge in [-0.05, 0) is 57.8 Å². The van der Waals surface area contributed by atoms with E-state index >= 15 is 0 Å². The number of nitrogens with one attached hydrogen (secondary N) is 1. The normalized spacial score (nSPS) is 12.9. The van der Waals surface area contributed by atoms with Crippen molar-refractivity contribution in [1.82, 2.24) is 5.32 Å². The molecular weight excluding hydrogens is 831 g/mol. The summed E-state index contributed by atoms with van der Waals surface area (Å²) in [5, 5.41) is 23.1. The van der Waals surface area contributed by atoms with E-state index in [4.69, 9.17) is 0 Å². The molecule has 0 fully saturated rings. The molecule has 0 heterocycles. The second kappa shape index (κ2) is 59.9. The molecule has 0 aromatic rings. The summed E-state index contributed by atoms with van der Waals surface area (Å²) < 4.78 is 0. The Hall–Kier alpha value is -1.39. The van der Waals surface area contributed by atoms with E-state index in [1.165, 1.54) is 295 Å². The lowest BCUT2D eigenvalue weighted by Crippen LogP contribution is -2.45. The molecule has 0 saturated heterocycles. The number of carbonyl (C=O) groups is 1. The summed E-state index contributed by atoms with van der Waals surface area (Å²) >= 11 is 0. The van der Waals surface area contributed by atoms with Crippen LogP contribution in [0, 0.1) is 0 Å². The summed E-state index contributed by atoms with van der Waals surface area (Å²) in [7, 11) is 0. The van der Waals surface area contributed by atoms with Crippen molar-refractivity contribution >= 4 is 5.91 Å². The van der Waals surface area contributed by atoms with Crippen LogP contribution in [-0.2, 0) is 4.79 Å². The van der Waals surface area contributed by atoms with E-state index in [0.29, 0.717) is 6.42 Å². The molecule has 1 amide bonds. The number of hydrogen-bond donors (Lipinski definition) is 3. The van der Waals surface area contributed by atoms with E-state index in [9.17, 15) is 15.0 Å². The zero-order chi connectivity index (χ0) is 49.2. The Kier molecular flexibility index (Phi) is 58.7. The molecule has 0 aromatic heterocycles. The van der Waals surface area contributed by atoms with Crippen LogP contribution in [0.4, 0.5) is 0 Å². The standard InChI is InChI=1S/C64H123NO3/c1-3-5-7-9-11-13-15-17-19-21-22-23-24-25-26-27-28-29-30-31-32-33-34-35-36-37-38-39-40-41-42-44-46-48-50-52-54-56-58-60-64(68)65-62(61-66)63(67)59-57-55-53-51-49-47-45-43-20-18-16-14-12-10-8-6-4-2/h21-22,49,51,57,59,62-63,66-67H,3-20,23-48,50,52-56,58,60-61H2,1-2H3,(H,65,68)/b22-21-,51-49+,59-57+. The van der Waals surface area contributed by atoms with Crippen molar-refractivity contribution in [2.45, 2.75) is 360 Å². The van der Waals surface area contributed by atoms with E-state index in [1.54, 1.807) is 6.08 Å². The molecule has 3 N–H and O–H groups in total. The predicted octanol–water partition coefficient (Wildman–Crippen LogP) is 20.8. The summed E-state index contributed by atoms with van der Waals surface area (Å²) in [4.78, 5) is 12.5. The maximum Gasteiger partial charge on any atom is 0.220 e. The highest BCUT2D eigenvalue weighted by Crippen LogP contribution is 2.18. The van der Waals surface area contributed by atoms with Crippen molar-refractivity contribution in [2.75, 3.05) is 6.61 Å². The van der Waals surface area contributed by atoms with E-state index < -0.39 is 12.1 Å². The highest BCUT2D eigenvalue weighted by molar-refractivity contribution is 5.76. The topological polar surface area (TPSA) is 69.6 Å². The summed E-state index contributed by atoms with van der Waals surface area (Å²) in [5.41, 5.74) is 0. The lowest BCUT2D eigenvalue weighted by atomic mass is 10.0. The number of aliphatic hydroxyl groups excluding tert-OH is 2. The number of carbonyl (C=O) groups excluding carboxylic acids is 1. The fraction of sp³-hybridized carbons (Fsp3) is 0.891. The Morgan fingerprint density at radius 2 is 0.574 bits per heavy atom. The Bertz CT molecular complexity index is 1040. The summed E-state index contributed by atoms with van der Waals surface area (Å²) in [6.45, 7) is 4.33. The third-order valence-electron chi connectivity index (χ3n) is 14.6. The van der Waals surface area contributed by atoms with E-state index in [0.717, 1.165) is 32.1 Å². The van der Waals surface area contributed by atoms with E-state index in [2.05, 4.69) is 43.5 Å². The molecule has 0 saturated carbocycles. The van der Waals surface area contributed by atoms with Gasteiger partial charge >= 0.3 is 0 Å². The SMILES string of the molecule is CCCCCCCCCC/C=C\CCCCCCCCCCCCCCCCCCCCCCCCCCCCCC(=O)NC(CO)C(O)/C=C/CC/C=C/CCCCCCCCCCCCC. The van der Waals surface area contributed by atoms with Crippen LogP contribution >= 0.6 is 0 Å². The largest absolute Gasteiger partial charge is 0.394 e. The number of aliphatic hydroxyl groups is 2. The Labute approximate surface area is 427 Å². The highest BCUT2D eigenvalue weighted by Gasteiger charge is 2.18. The van der Waals surface area contributed by atoms with Crippen molar-refractivity contribution in [3.63, 3.8) is 0 Å². The molecule has 0 spiro atoms. The first kappa shape index (κ1) is 66.6. The van der Waals surface area contributed by atoms with Crippen molar-refractivity contribution in [2.24, 2.45) is 0 Å². The van der Waals surface area contributed by atoms with Gasteiger partial charge in [-0.15, -0.1) is 0 Å². The second-order valence-corrected chi connectivity index (χ2v) is 21.5. The molecule has 0 rings (SSSR count). The van der Waals surface area contributed by atoms with Gasteiger partial charge in [0, 0.05) is 6.42 Å². The maximum absolute atomic E-state index is 12.5. The molecule has 0 radical (unpaired) electrons. The van der Waals surface area contributed by atoms with Crippen LogP contribution < -0.4 is 5.32 Å². The third kappa shape index (κ3) is 55.5. The lowest BCUT2D eigenvalue weighted by Gasteiger charge is -2.19. The van der Waals surface area contributed by atoms with Crippen LogP contribution in [0.5, 0.6) is 0 Å². The maximum atomic E-state index is 12.5. The highest BCUT2D eigenvalue weighted by atomic mass is 16.3. The Morgan fingerprint density at radius 3 is 0.853 bits per heavy atom. The van der Waals surface area contributed by atoms with E-state index in [-0.39, 0.29) is 12.5 Å². The van der Waals surface area contributed by atoms with Crippen molar-refractivity contribution in [1.29, 1.82) is 0 Å². The molecule has 0 aliphatic heterocycles. The number of hydrogen-bond acceptors (Lipinski definition) is 3. The second-order valence-electron chi connectivity index (χ2n) is 21.5. The van der Waals surface area contributed by atoms with Crippen molar-refractivity contribution in [3.8, 4) is 0 Å². The van der Waals surface area contributed by atoms with Crippen LogP contribution in [0.2, 0.25) is 0 Å². The first-order valence-corrected chi connectivity index (χ1v) is 31.2. The monoisotopic (exact) mass is 954 g/mol. The minimum Gasteiger partial charge on any atom is -0.394 e. The van der Waals surface area contributed by atoms with Gasteiger partial charge in [0.15, 0.2) is 0 Å². The zero-order valence-corrected chi connectivity index (χ0v) is 46.4. The smallest absolute Gasteiger partial charge is 0.220 e. The molecule has 0 bridgehead atoms. The first-order valence-electron chi connectivity index (χ1n) is 31.2. The number of rotatable bonds is 58. The van der Waals surface area contributed by atoms with Gasteiger partial charge in [0.1, 0.15) is 0 Å². The summed E-state index contributed by atoms with van der Waals surface area (Å²) in [5.74, 6) is -0.0673. The molecule has 4 heteroatoms. The molecule has 2 unspecified atom stereocenters. The molecule has 2 atom stereocenters. The minimum absolute atomic E-state index is 0.0673. The molecule has 0 aromatic carbocycles.